The molecule has 0 aliphatic rings. The van der Waals surface area contributed by atoms with Gasteiger partial charge < -0.3 is 10.4 Å². The van der Waals surface area contributed by atoms with Gasteiger partial charge in [0.25, 0.3) is 0 Å². The van der Waals surface area contributed by atoms with Crippen molar-refractivity contribution in [2.75, 3.05) is 0 Å². The second-order valence-corrected chi connectivity index (χ2v) is 5.71. The number of hydrogen-bond donors (Lipinski definition) is 2. The van der Waals surface area contributed by atoms with Crippen LogP contribution >= 0.6 is 15.9 Å². The molecule has 0 aliphatic carbocycles. The first-order chi connectivity index (χ1) is 8.90. The summed E-state index contributed by atoms with van der Waals surface area (Å²) in [5.41, 5.74) is 0.861. The van der Waals surface area contributed by atoms with Crippen LogP contribution in [0, 0.1) is 5.92 Å². The first-order valence-corrected chi connectivity index (χ1v) is 6.95. The molecule has 0 aliphatic heterocycles. The average Bonchev–Trinajstić information content (AvgIpc) is 2.29. The van der Waals surface area contributed by atoms with Gasteiger partial charge >= 0.3 is 5.97 Å². The summed E-state index contributed by atoms with van der Waals surface area (Å²) in [6, 6.07) is 6.50. The minimum Gasteiger partial charge on any atom is -0.480 e. The van der Waals surface area contributed by atoms with Crippen molar-refractivity contribution in [3.8, 4) is 0 Å². The Balaban J connectivity index is 2.71. The maximum absolute atomic E-state index is 11.7. The normalized spacial score (nSPS) is 12.2. The Morgan fingerprint density at radius 1 is 1.32 bits per heavy atom. The molecule has 2 N–H and O–H groups in total. The molecule has 1 aromatic carbocycles. The van der Waals surface area contributed by atoms with Crippen LogP contribution in [0.5, 0.6) is 0 Å². The molecule has 1 amide bonds. The van der Waals surface area contributed by atoms with Crippen LogP contribution in [0.1, 0.15) is 25.8 Å². The Kier molecular flexibility index (Phi) is 6.02. The molecule has 4 nitrogen and oxygen atoms in total. The van der Waals surface area contributed by atoms with Gasteiger partial charge in [0.05, 0.1) is 0 Å². The highest BCUT2D eigenvalue weighted by molar-refractivity contribution is 9.10. The molecule has 0 saturated carbocycles. The number of hydrogen-bond acceptors (Lipinski definition) is 2. The van der Waals surface area contributed by atoms with Crippen LogP contribution in [-0.2, 0) is 16.0 Å². The molecule has 0 heterocycles. The third-order valence-electron chi connectivity index (χ3n) is 2.61. The maximum atomic E-state index is 11.7. The Hall–Kier alpha value is -1.36. The molecule has 0 spiro atoms. The summed E-state index contributed by atoms with van der Waals surface area (Å²) in [6.07, 6.45) is 0.598. The number of halogens is 1. The largest absolute Gasteiger partial charge is 0.480 e. The van der Waals surface area contributed by atoms with Crippen LogP contribution in [0.3, 0.4) is 0 Å². The van der Waals surface area contributed by atoms with Gasteiger partial charge in [0.2, 0.25) is 5.91 Å². The zero-order valence-electron chi connectivity index (χ0n) is 11.0. The smallest absolute Gasteiger partial charge is 0.326 e. The van der Waals surface area contributed by atoms with Gasteiger partial charge in [-0.05, 0) is 17.5 Å². The fourth-order valence-corrected chi connectivity index (χ4v) is 2.15. The summed E-state index contributed by atoms with van der Waals surface area (Å²) < 4.78 is 0.847. The first-order valence-electron chi connectivity index (χ1n) is 6.15. The van der Waals surface area contributed by atoms with E-state index >= 15 is 0 Å². The third kappa shape index (κ3) is 5.42. The van der Waals surface area contributed by atoms with Crippen molar-refractivity contribution < 1.29 is 14.7 Å². The number of benzene rings is 1. The maximum Gasteiger partial charge on any atom is 0.326 e. The van der Waals surface area contributed by atoms with E-state index in [0.717, 1.165) is 10.0 Å². The Labute approximate surface area is 121 Å². The summed E-state index contributed by atoms with van der Waals surface area (Å²) in [5.74, 6) is -1.04. The molecule has 1 rings (SSSR count). The number of carboxylic acids is 1. The standard InChI is InChI=1S/C14H18BrNO3/c1-9(2)7-13(17)16-12(14(18)19)8-10-5-3-4-6-11(10)15/h3-6,9,12H,7-8H2,1-2H3,(H,16,17)(H,18,19)/t12-/m1/s1. The number of carboxylic acid groups (broad SMARTS) is 1. The highest BCUT2D eigenvalue weighted by atomic mass is 79.9. The van der Waals surface area contributed by atoms with Crippen LogP contribution in [0.2, 0.25) is 0 Å². The quantitative estimate of drug-likeness (QED) is 0.844. The van der Waals surface area contributed by atoms with Crippen LogP contribution in [0.25, 0.3) is 0 Å². The highest BCUT2D eigenvalue weighted by Crippen LogP contribution is 2.17. The molecule has 0 fully saturated rings. The van der Waals surface area contributed by atoms with E-state index < -0.39 is 12.0 Å². The molecule has 0 aromatic heterocycles. The van der Waals surface area contributed by atoms with Crippen molar-refractivity contribution in [1.29, 1.82) is 0 Å². The summed E-state index contributed by atoms with van der Waals surface area (Å²) >= 11 is 3.37. The number of rotatable bonds is 6. The number of carbonyl (C=O) groups is 2. The van der Waals surface area contributed by atoms with E-state index in [1.807, 2.05) is 38.1 Å². The van der Waals surface area contributed by atoms with Crippen molar-refractivity contribution in [1.82, 2.24) is 5.32 Å². The lowest BCUT2D eigenvalue weighted by molar-refractivity contribution is -0.141. The van der Waals surface area contributed by atoms with Crippen LogP contribution < -0.4 is 5.32 Å². The number of carbonyl (C=O) groups excluding carboxylic acids is 1. The van der Waals surface area contributed by atoms with E-state index in [-0.39, 0.29) is 18.2 Å². The molecule has 0 saturated heterocycles. The lowest BCUT2D eigenvalue weighted by Crippen LogP contribution is -2.42. The zero-order chi connectivity index (χ0) is 14.4. The van der Waals surface area contributed by atoms with Crippen LogP contribution in [-0.4, -0.2) is 23.0 Å². The second-order valence-electron chi connectivity index (χ2n) is 4.85. The van der Waals surface area contributed by atoms with Crippen LogP contribution in [0.4, 0.5) is 0 Å². The molecule has 1 aromatic rings. The minimum atomic E-state index is -1.02. The summed E-state index contributed by atoms with van der Waals surface area (Å²) in [5, 5.41) is 11.7. The first kappa shape index (κ1) is 15.7. The second kappa shape index (κ2) is 7.28. The number of amides is 1. The summed E-state index contributed by atoms with van der Waals surface area (Å²) in [7, 11) is 0. The van der Waals surface area contributed by atoms with E-state index in [9.17, 15) is 14.7 Å². The van der Waals surface area contributed by atoms with Gasteiger partial charge in [-0.15, -0.1) is 0 Å². The van der Waals surface area contributed by atoms with Crippen molar-refractivity contribution in [2.45, 2.75) is 32.7 Å². The third-order valence-corrected chi connectivity index (χ3v) is 3.38. The fourth-order valence-electron chi connectivity index (χ4n) is 1.71. The van der Waals surface area contributed by atoms with E-state index in [2.05, 4.69) is 21.2 Å². The molecular formula is C14H18BrNO3. The number of nitrogens with one attached hydrogen (secondary N) is 1. The summed E-state index contributed by atoms with van der Waals surface area (Å²) in [6.45, 7) is 3.84. The topological polar surface area (TPSA) is 66.4 Å². The molecule has 0 unspecified atom stereocenters. The van der Waals surface area contributed by atoms with E-state index in [1.165, 1.54) is 0 Å². The van der Waals surface area contributed by atoms with Gasteiger partial charge in [0.15, 0.2) is 0 Å². The van der Waals surface area contributed by atoms with Crippen molar-refractivity contribution in [2.24, 2.45) is 5.92 Å². The molecular weight excluding hydrogens is 310 g/mol. The monoisotopic (exact) mass is 327 g/mol. The highest BCUT2D eigenvalue weighted by Gasteiger charge is 2.21. The van der Waals surface area contributed by atoms with Crippen LogP contribution in [0.15, 0.2) is 28.7 Å². The van der Waals surface area contributed by atoms with Crippen molar-refractivity contribution in [3.63, 3.8) is 0 Å². The minimum absolute atomic E-state index is 0.206. The van der Waals surface area contributed by atoms with Gasteiger partial charge in [0.1, 0.15) is 6.04 Å². The SMILES string of the molecule is CC(C)CC(=O)N[C@H](Cc1ccccc1Br)C(=O)O. The van der Waals surface area contributed by atoms with Gasteiger partial charge in [-0.3, -0.25) is 4.79 Å². The average molecular weight is 328 g/mol. The van der Waals surface area contributed by atoms with Crippen molar-refractivity contribution in [3.05, 3.63) is 34.3 Å². The zero-order valence-corrected chi connectivity index (χ0v) is 12.6. The van der Waals surface area contributed by atoms with Gasteiger partial charge in [-0.2, -0.15) is 0 Å². The van der Waals surface area contributed by atoms with Gasteiger partial charge in [0, 0.05) is 17.3 Å². The molecule has 0 bridgehead atoms. The van der Waals surface area contributed by atoms with Gasteiger partial charge in [-0.25, -0.2) is 4.79 Å². The molecule has 19 heavy (non-hydrogen) atoms. The predicted molar refractivity (Wildman–Crippen MR) is 76.9 cm³/mol. The van der Waals surface area contributed by atoms with Gasteiger partial charge in [-0.1, -0.05) is 48.0 Å². The Morgan fingerprint density at radius 3 is 2.47 bits per heavy atom. The molecule has 5 heteroatoms. The lowest BCUT2D eigenvalue weighted by Gasteiger charge is -2.16. The Bertz CT molecular complexity index is 460. The molecule has 104 valence electrons. The Morgan fingerprint density at radius 2 is 1.95 bits per heavy atom. The fraction of sp³-hybridized carbons (Fsp3) is 0.429. The molecule has 0 radical (unpaired) electrons. The predicted octanol–water partition coefficient (Wildman–Crippen LogP) is 2.61. The summed E-state index contributed by atoms with van der Waals surface area (Å²) in [4.78, 5) is 22.9. The lowest BCUT2D eigenvalue weighted by atomic mass is 10.0. The van der Waals surface area contributed by atoms with Crippen molar-refractivity contribution >= 4 is 27.8 Å². The van der Waals surface area contributed by atoms with E-state index in [4.69, 9.17) is 0 Å². The van der Waals surface area contributed by atoms with E-state index in [0.29, 0.717) is 6.42 Å². The number of aliphatic carboxylic acids is 1. The van der Waals surface area contributed by atoms with E-state index in [1.54, 1.807) is 0 Å². The molecule has 1 atom stereocenters.